The molecule has 0 spiro atoms. The predicted molar refractivity (Wildman–Crippen MR) is 62.4 cm³/mol. The highest BCUT2D eigenvalue weighted by atomic mass is 31.2. The molecule has 1 aromatic carbocycles. The zero-order valence-electron chi connectivity index (χ0n) is 10.6. The Morgan fingerprint density at radius 3 is 1.52 bits per heavy atom. The molecule has 0 unspecified atom stereocenters. The van der Waals surface area contributed by atoms with Crippen LogP contribution in [0.5, 0.6) is 0 Å². The minimum Gasteiger partial charge on any atom is -0.321 e. The molecule has 0 amide bonds. The normalized spacial score (nSPS) is 13.6. The zero-order valence-corrected chi connectivity index (χ0v) is 11.5. The molecule has 2 N–H and O–H groups in total. The summed E-state index contributed by atoms with van der Waals surface area (Å²) in [6.45, 7) is 1.25. The van der Waals surface area contributed by atoms with Crippen molar-refractivity contribution >= 4 is 12.9 Å². The van der Waals surface area contributed by atoms with Crippen LogP contribution in [0.3, 0.4) is 0 Å². The molecule has 3 nitrogen and oxygen atoms in total. The quantitative estimate of drug-likeness (QED) is 0.659. The van der Waals surface area contributed by atoms with Crippen LogP contribution in [-0.4, -0.2) is 22.1 Å². The number of benzene rings is 1. The van der Waals surface area contributed by atoms with Gasteiger partial charge in [0.05, 0.1) is 18.1 Å². The summed E-state index contributed by atoms with van der Waals surface area (Å²) in [6.07, 6.45) is -13.0. The zero-order chi connectivity index (χ0) is 16.6. The lowest BCUT2D eigenvalue weighted by molar-refractivity contribution is -0.127. The molecule has 1 rings (SSSR count). The van der Waals surface area contributed by atoms with Gasteiger partial charge in [-0.3, -0.25) is 4.57 Å². The highest BCUT2D eigenvalue weighted by molar-refractivity contribution is 7.60. The van der Waals surface area contributed by atoms with Gasteiger partial charge in [-0.05, 0) is 18.1 Å². The van der Waals surface area contributed by atoms with Gasteiger partial charge < -0.3 is 9.79 Å². The van der Waals surface area contributed by atoms with Crippen LogP contribution < -0.4 is 5.30 Å². The number of hydrogen-bond acceptors (Lipinski definition) is 1. The Labute approximate surface area is 115 Å². The average molecular weight is 336 g/mol. The van der Waals surface area contributed by atoms with Crippen molar-refractivity contribution in [3.63, 3.8) is 0 Å². The Balaban J connectivity index is 3.53. The van der Waals surface area contributed by atoms with E-state index in [1.165, 1.54) is 6.92 Å². The summed E-state index contributed by atoms with van der Waals surface area (Å²) in [4.78, 5) is 18.2. The Hall–Kier alpha value is -1.05. The molecule has 1 aromatic rings. The molecule has 0 aliphatic heterocycles. The second kappa shape index (κ2) is 5.62. The number of alkyl halides is 6. The maximum absolute atomic E-state index is 12.4. The van der Waals surface area contributed by atoms with E-state index in [1.54, 1.807) is 0 Å². The highest BCUT2D eigenvalue weighted by Gasteiger charge is 2.37. The van der Waals surface area contributed by atoms with Gasteiger partial charge in [0, 0.05) is 0 Å². The topological polar surface area (TPSA) is 57.5 Å². The van der Waals surface area contributed by atoms with Gasteiger partial charge in [-0.1, -0.05) is 17.7 Å². The van der Waals surface area contributed by atoms with Crippen molar-refractivity contribution < 1.29 is 40.7 Å². The number of halogens is 6. The van der Waals surface area contributed by atoms with Crippen molar-refractivity contribution in [2.45, 2.75) is 32.1 Å². The molecule has 0 aliphatic carbocycles. The predicted octanol–water partition coefficient (Wildman–Crippen LogP) is 3.01. The molecule has 120 valence electrons. The third kappa shape index (κ3) is 5.68. The molecular formula is C11H11F6O3P. The van der Waals surface area contributed by atoms with E-state index in [0.717, 1.165) is 12.1 Å². The van der Waals surface area contributed by atoms with Crippen molar-refractivity contribution in [1.29, 1.82) is 0 Å². The Kier molecular flexibility index (Phi) is 4.82. The van der Waals surface area contributed by atoms with Crippen LogP contribution in [0.4, 0.5) is 26.3 Å². The van der Waals surface area contributed by atoms with Crippen LogP contribution in [0.2, 0.25) is 0 Å². The van der Waals surface area contributed by atoms with Crippen LogP contribution in [0, 0.1) is 6.92 Å². The third-order valence-electron chi connectivity index (χ3n) is 2.49. The SMILES string of the molecule is Cc1cc(CC(F)(F)F)c(P(=O)(O)O)c(CC(F)(F)F)c1. The van der Waals surface area contributed by atoms with E-state index in [1.807, 2.05) is 0 Å². The molecule has 0 radical (unpaired) electrons. The van der Waals surface area contributed by atoms with Gasteiger partial charge in [0.25, 0.3) is 0 Å². The largest absolute Gasteiger partial charge is 0.393 e. The first-order chi connectivity index (χ1) is 9.19. The first-order valence-electron chi connectivity index (χ1n) is 5.51. The fraction of sp³-hybridized carbons (Fsp3) is 0.455. The molecule has 10 heteroatoms. The fourth-order valence-corrected chi connectivity index (χ4v) is 3.05. The Morgan fingerprint density at radius 1 is 0.952 bits per heavy atom. The maximum atomic E-state index is 12.4. The first-order valence-corrected chi connectivity index (χ1v) is 7.12. The molecule has 0 heterocycles. The second-order valence-electron chi connectivity index (χ2n) is 4.56. The minimum absolute atomic E-state index is 0.0608. The molecule has 0 saturated carbocycles. The lowest BCUT2D eigenvalue weighted by Gasteiger charge is -2.19. The van der Waals surface area contributed by atoms with Crippen LogP contribution in [0.15, 0.2) is 12.1 Å². The van der Waals surface area contributed by atoms with Crippen molar-refractivity contribution in [3.8, 4) is 0 Å². The summed E-state index contributed by atoms with van der Waals surface area (Å²) in [5, 5.41) is -1.19. The Morgan fingerprint density at radius 2 is 1.29 bits per heavy atom. The molecule has 21 heavy (non-hydrogen) atoms. The van der Waals surface area contributed by atoms with E-state index in [4.69, 9.17) is 9.79 Å². The molecule has 0 fully saturated rings. The molecule has 0 atom stereocenters. The summed E-state index contributed by atoms with van der Waals surface area (Å²) in [7, 11) is -5.29. The lowest BCUT2D eigenvalue weighted by atomic mass is 10.0. The van der Waals surface area contributed by atoms with Gasteiger partial charge in [0.2, 0.25) is 0 Å². The molecule has 0 aliphatic rings. The monoisotopic (exact) mass is 336 g/mol. The van der Waals surface area contributed by atoms with Gasteiger partial charge in [-0.15, -0.1) is 0 Å². The summed E-state index contributed by atoms with van der Waals surface area (Å²) >= 11 is 0. The third-order valence-corrected chi connectivity index (χ3v) is 3.64. The lowest BCUT2D eigenvalue weighted by Crippen LogP contribution is -2.26. The van der Waals surface area contributed by atoms with Crippen LogP contribution >= 0.6 is 7.60 Å². The maximum Gasteiger partial charge on any atom is 0.393 e. The van der Waals surface area contributed by atoms with Crippen LogP contribution in [0.25, 0.3) is 0 Å². The van der Waals surface area contributed by atoms with E-state index in [0.29, 0.717) is 0 Å². The van der Waals surface area contributed by atoms with Crippen molar-refractivity contribution in [3.05, 3.63) is 28.8 Å². The van der Waals surface area contributed by atoms with Gasteiger partial charge in [-0.2, -0.15) is 26.3 Å². The van der Waals surface area contributed by atoms with Crippen LogP contribution in [0.1, 0.15) is 16.7 Å². The van der Waals surface area contributed by atoms with Crippen LogP contribution in [-0.2, 0) is 17.4 Å². The minimum atomic E-state index is -5.29. The number of rotatable bonds is 3. The van der Waals surface area contributed by atoms with E-state index >= 15 is 0 Å². The summed E-state index contributed by atoms with van der Waals surface area (Å²) in [5.41, 5.74) is -1.61. The molecule has 0 aromatic heterocycles. The first kappa shape index (κ1) is 18.0. The number of aryl methyl sites for hydroxylation is 1. The van der Waals surface area contributed by atoms with Gasteiger partial charge in [0.15, 0.2) is 0 Å². The second-order valence-corrected chi connectivity index (χ2v) is 6.09. The Bertz CT molecular complexity index is 535. The number of hydrogen-bond donors (Lipinski definition) is 2. The van der Waals surface area contributed by atoms with Crippen molar-refractivity contribution in [1.82, 2.24) is 0 Å². The highest BCUT2D eigenvalue weighted by Crippen LogP contribution is 2.39. The molecule has 0 saturated heterocycles. The van der Waals surface area contributed by atoms with E-state index < -0.39 is 49.2 Å². The molecule has 0 bridgehead atoms. The average Bonchev–Trinajstić information content (AvgIpc) is 2.06. The van der Waals surface area contributed by atoms with E-state index in [2.05, 4.69) is 0 Å². The van der Waals surface area contributed by atoms with Gasteiger partial charge >= 0.3 is 19.9 Å². The smallest absolute Gasteiger partial charge is 0.321 e. The summed E-state index contributed by atoms with van der Waals surface area (Å²) in [6, 6.07) is 1.67. The van der Waals surface area contributed by atoms with E-state index in [9.17, 15) is 30.9 Å². The molecular weight excluding hydrogens is 325 g/mol. The standard InChI is InChI=1S/C11H11F6O3P/c1-6-2-7(4-10(12,13)14)9(21(18,19)20)8(3-6)5-11(15,16)17/h2-3H,4-5H2,1H3,(H2,18,19,20). The van der Waals surface area contributed by atoms with Crippen molar-refractivity contribution in [2.24, 2.45) is 0 Å². The van der Waals surface area contributed by atoms with E-state index in [-0.39, 0.29) is 5.56 Å². The summed E-state index contributed by atoms with van der Waals surface area (Å²) < 4.78 is 85.9. The fourth-order valence-electron chi connectivity index (χ4n) is 2.01. The van der Waals surface area contributed by atoms with Gasteiger partial charge in [-0.25, -0.2) is 0 Å². The van der Waals surface area contributed by atoms with Crippen molar-refractivity contribution in [2.75, 3.05) is 0 Å². The van der Waals surface area contributed by atoms with Gasteiger partial charge in [0.1, 0.15) is 0 Å². The summed E-state index contributed by atoms with van der Waals surface area (Å²) in [5.74, 6) is 0.